The highest BCUT2D eigenvalue weighted by Gasteiger charge is 2.34. The van der Waals surface area contributed by atoms with Gasteiger partial charge < -0.3 is 19.7 Å². The molecule has 4 rings (SSSR count). The first-order chi connectivity index (χ1) is 11.8. The summed E-state index contributed by atoms with van der Waals surface area (Å²) >= 11 is 0. The molecule has 1 saturated heterocycles. The highest BCUT2D eigenvalue weighted by molar-refractivity contribution is 5.79. The van der Waals surface area contributed by atoms with E-state index in [-0.39, 0.29) is 6.04 Å². The molecular formula is C19H26N2O3. The van der Waals surface area contributed by atoms with Crippen LogP contribution >= 0.6 is 0 Å². The molecule has 1 N–H and O–H groups in total. The second-order valence-corrected chi connectivity index (χ2v) is 7.12. The number of rotatable bonds is 4. The van der Waals surface area contributed by atoms with Crippen LogP contribution in [0.4, 0.5) is 0 Å². The van der Waals surface area contributed by atoms with Crippen molar-refractivity contribution >= 4 is 5.91 Å². The van der Waals surface area contributed by atoms with Crippen LogP contribution < -0.4 is 14.8 Å². The second kappa shape index (κ2) is 7.01. The van der Waals surface area contributed by atoms with Crippen molar-refractivity contribution in [1.82, 2.24) is 10.2 Å². The van der Waals surface area contributed by atoms with E-state index in [1.165, 1.54) is 38.5 Å². The van der Waals surface area contributed by atoms with Gasteiger partial charge in [-0.3, -0.25) is 4.79 Å². The third-order valence-corrected chi connectivity index (χ3v) is 5.48. The molecule has 0 spiro atoms. The third-order valence-electron chi connectivity index (χ3n) is 5.48. The zero-order valence-corrected chi connectivity index (χ0v) is 14.1. The average molecular weight is 330 g/mol. The maximum absolute atomic E-state index is 12.4. The summed E-state index contributed by atoms with van der Waals surface area (Å²) in [6, 6.07) is 6.67. The van der Waals surface area contributed by atoms with Crippen molar-refractivity contribution < 1.29 is 14.3 Å². The number of nitrogens with one attached hydrogen (secondary N) is 1. The SMILES string of the molecule is O=C1C[C@@H](NCc2cccc3c2OCO3)CN1C1CCCCCC1. The summed E-state index contributed by atoms with van der Waals surface area (Å²) in [6.45, 7) is 1.85. The molecular weight excluding hydrogens is 304 g/mol. The van der Waals surface area contributed by atoms with Crippen molar-refractivity contribution in [1.29, 1.82) is 0 Å². The number of nitrogens with zero attached hydrogens (tertiary/aromatic N) is 1. The van der Waals surface area contributed by atoms with Gasteiger partial charge >= 0.3 is 0 Å². The number of hydrogen-bond donors (Lipinski definition) is 1. The van der Waals surface area contributed by atoms with Crippen LogP contribution in [0.3, 0.4) is 0 Å². The monoisotopic (exact) mass is 330 g/mol. The van der Waals surface area contributed by atoms with Gasteiger partial charge in [-0.25, -0.2) is 0 Å². The Labute approximate surface area is 143 Å². The molecule has 2 fully saturated rings. The fourth-order valence-corrected chi connectivity index (χ4v) is 4.17. The number of carbonyl (C=O) groups is 1. The second-order valence-electron chi connectivity index (χ2n) is 7.12. The summed E-state index contributed by atoms with van der Waals surface area (Å²) in [5.74, 6) is 1.98. The van der Waals surface area contributed by atoms with Crippen LogP contribution in [0.15, 0.2) is 18.2 Å². The number of hydrogen-bond acceptors (Lipinski definition) is 4. The Balaban J connectivity index is 1.35. The number of carbonyl (C=O) groups excluding carboxylic acids is 1. The number of fused-ring (bicyclic) bond motifs is 1. The van der Waals surface area contributed by atoms with Gasteiger partial charge in [-0.15, -0.1) is 0 Å². The van der Waals surface area contributed by atoms with Crippen molar-refractivity contribution in [2.24, 2.45) is 0 Å². The Morgan fingerprint density at radius 3 is 2.79 bits per heavy atom. The Hall–Kier alpha value is -1.75. The van der Waals surface area contributed by atoms with Crippen molar-refractivity contribution in [3.05, 3.63) is 23.8 Å². The minimum Gasteiger partial charge on any atom is -0.454 e. The van der Waals surface area contributed by atoms with E-state index in [4.69, 9.17) is 9.47 Å². The molecule has 0 bridgehead atoms. The van der Waals surface area contributed by atoms with Crippen molar-refractivity contribution in [3.8, 4) is 11.5 Å². The van der Waals surface area contributed by atoms with Gasteiger partial charge in [0.25, 0.3) is 0 Å². The summed E-state index contributed by atoms with van der Waals surface area (Å²) in [4.78, 5) is 14.6. The van der Waals surface area contributed by atoms with Crippen molar-refractivity contribution in [3.63, 3.8) is 0 Å². The zero-order chi connectivity index (χ0) is 16.4. The molecule has 5 heteroatoms. The molecule has 1 saturated carbocycles. The molecule has 1 atom stereocenters. The molecule has 2 heterocycles. The number of ether oxygens (including phenoxy) is 2. The standard InChI is InChI=1S/C19H26N2O3/c22-18-10-15(12-21(18)16-7-3-1-2-4-8-16)20-11-14-6-5-9-17-19(14)24-13-23-17/h5-6,9,15-16,20H,1-4,7-8,10-13H2/t15-/m1/s1. The number of benzene rings is 1. The van der Waals surface area contributed by atoms with Crippen molar-refractivity contribution in [2.75, 3.05) is 13.3 Å². The van der Waals surface area contributed by atoms with Gasteiger partial charge in [0.1, 0.15) is 0 Å². The average Bonchev–Trinajstić information content (AvgIpc) is 3.12. The third kappa shape index (κ3) is 3.22. The predicted molar refractivity (Wildman–Crippen MR) is 91.0 cm³/mol. The summed E-state index contributed by atoms with van der Waals surface area (Å²) in [5.41, 5.74) is 1.10. The molecule has 5 nitrogen and oxygen atoms in total. The van der Waals surface area contributed by atoms with E-state index in [9.17, 15) is 4.79 Å². The van der Waals surface area contributed by atoms with E-state index in [2.05, 4.69) is 16.3 Å². The van der Waals surface area contributed by atoms with Crippen LogP contribution in [0.25, 0.3) is 0 Å². The summed E-state index contributed by atoms with van der Waals surface area (Å²) in [7, 11) is 0. The minimum atomic E-state index is 0.235. The summed E-state index contributed by atoms with van der Waals surface area (Å²) in [6.07, 6.45) is 8.14. The lowest BCUT2D eigenvalue weighted by atomic mass is 10.1. The lowest BCUT2D eigenvalue weighted by Gasteiger charge is -2.27. The van der Waals surface area contributed by atoms with Crippen LogP contribution in [-0.4, -0.2) is 36.2 Å². The fourth-order valence-electron chi connectivity index (χ4n) is 4.17. The van der Waals surface area contributed by atoms with Crippen LogP contribution in [-0.2, 0) is 11.3 Å². The van der Waals surface area contributed by atoms with E-state index < -0.39 is 0 Å². The Morgan fingerprint density at radius 2 is 1.96 bits per heavy atom. The van der Waals surface area contributed by atoms with E-state index in [1.54, 1.807) is 0 Å². The molecule has 1 aromatic rings. The molecule has 1 aromatic carbocycles. The largest absolute Gasteiger partial charge is 0.454 e. The van der Waals surface area contributed by atoms with Crippen LogP contribution in [0.5, 0.6) is 11.5 Å². The highest BCUT2D eigenvalue weighted by atomic mass is 16.7. The van der Waals surface area contributed by atoms with Gasteiger partial charge in [-0.2, -0.15) is 0 Å². The summed E-state index contributed by atoms with van der Waals surface area (Å²) in [5, 5.41) is 3.54. The van der Waals surface area contributed by atoms with E-state index in [1.807, 2.05) is 12.1 Å². The first-order valence-electron chi connectivity index (χ1n) is 9.21. The quantitative estimate of drug-likeness (QED) is 0.863. The normalized spacial score (nSPS) is 24.4. The number of amides is 1. The maximum Gasteiger partial charge on any atom is 0.231 e. The van der Waals surface area contributed by atoms with Crippen LogP contribution in [0.2, 0.25) is 0 Å². The van der Waals surface area contributed by atoms with E-state index in [0.29, 0.717) is 31.7 Å². The molecule has 0 aromatic heterocycles. The van der Waals surface area contributed by atoms with E-state index >= 15 is 0 Å². The molecule has 2 aliphatic heterocycles. The molecule has 1 aliphatic carbocycles. The maximum atomic E-state index is 12.4. The predicted octanol–water partition coefficient (Wildman–Crippen LogP) is 2.83. The van der Waals surface area contributed by atoms with Gasteiger partial charge in [0.2, 0.25) is 12.7 Å². The molecule has 1 amide bonds. The first kappa shape index (κ1) is 15.8. The Kier molecular flexibility index (Phi) is 4.60. The van der Waals surface area contributed by atoms with Crippen LogP contribution in [0, 0.1) is 0 Å². The Morgan fingerprint density at radius 1 is 1.12 bits per heavy atom. The lowest BCUT2D eigenvalue weighted by Crippen LogP contribution is -2.38. The van der Waals surface area contributed by atoms with Gasteiger partial charge in [-0.1, -0.05) is 37.8 Å². The molecule has 3 aliphatic rings. The molecule has 130 valence electrons. The zero-order valence-electron chi connectivity index (χ0n) is 14.1. The Bertz CT molecular complexity index is 596. The highest BCUT2D eigenvalue weighted by Crippen LogP contribution is 2.35. The van der Waals surface area contributed by atoms with Gasteiger partial charge in [0.05, 0.1) is 0 Å². The fraction of sp³-hybridized carbons (Fsp3) is 0.632. The molecule has 0 radical (unpaired) electrons. The first-order valence-corrected chi connectivity index (χ1v) is 9.21. The van der Waals surface area contributed by atoms with Crippen LogP contribution in [0.1, 0.15) is 50.5 Å². The van der Waals surface area contributed by atoms with Crippen molar-refractivity contribution in [2.45, 2.75) is 63.6 Å². The lowest BCUT2D eigenvalue weighted by molar-refractivity contribution is -0.129. The topological polar surface area (TPSA) is 50.8 Å². The van der Waals surface area contributed by atoms with E-state index in [0.717, 1.165) is 23.6 Å². The molecule has 24 heavy (non-hydrogen) atoms. The number of likely N-dealkylation sites (tertiary alicyclic amines) is 1. The minimum absolute atomic E-state index is 0.235. The van der Waals surface area contributed by atoms with Gasteiger partial charge in [0, 0.05) is 37.2 Å². The number of para-hydroxylation sites is 1. The summed E-state index contributed by atoms with van der Waals surface area (Å²) < 4.78 is 11.0. The molecule has 0 unspecified atom stereocenters. The van der Waals surface area contributed by atoms with Gasteiger partial charge in [-0.05, 0) is 18.9 Å². The smallest absolute Gasteiger partial charge is 0.231 e. The van der Waals surface area contributed by atoms with Gasteiger partial charge in [0.15, 0.2) is 11.5 Å².